The van der Waals surface area contributed by atoms with Crippen LogP contribution in [0, 0.1) is 0 Å². The Morgan fingerprint density at radius 1 is 1.50 bits per heavy atom. The Morgan fingerprint density at radius 3 is 2.95 bits per heavy atom. The van der Waals surface area contributed by atoms with E-state index in [1.807, 2.05) is 0 Å². The van der Waals surface area contributed by atoms with Gasteiger partial charge in [0.15, 0.2) is 10.9 Å². The van der Waals surface area contributed by atoms with Gasteiger partial charge in [-0.25, -0.2) is 0 Å². The molecule has 106 valence electrons. The number of thioether (sulfide) groups is 1. The first kappa shape index (κ1) is 13.2. The third-order valence-electron chi connectivity index (χ3n) is 3.04. The van der Waals surface area contributed by atoms with E-state index in [2.05, 4.69) is 14.8 Å². The number of rotatable bonds is 5. The zero-order valence-electron chi connectivity index (χ0n) is 10.7. The summed E-state index contributed by atoms with van der Waals surface area (Å²) in [4.78, 5) is 11.3. The van der Waals surface area contributed by atoms with Crippen molar-refractivity contribution in [1.82, 2.24) is 14.8 Å². The summed E-state index contributed by atoms with van der Waals surface area (Å²) in [5.74, 6) is 1.33. The second kappa shape index (κ2) is 5.29. The maximum absolute atomic E-state index is 11.3. The van der Waals surface area contributed by atoms with E-state index in [9.17, 15) is 4.79 Å². The first-order valence-electron chi connectivity index (χ1n) is 6.26. The monoisotopic (exact) mass is 294 g/mol. The minimum Gasteiger partial charge on any atom is -0.502 e. The van der Waals surface area contributed by atoms with Crippen molar-refractivity contribution in [3.05, 3.63) is 34.1 Å². The topological polar surface area (TPSA) is 107 Å². The van der Waals surface area contributed by atoms with Crippen molar-refractivity contribution >= 4 is 11.8 Å². The molecule has 2 aromatic rings. The van der Waals surface area contributed by atoms with Crippen LogP contribution in [-0.4, -0.2) is 19.9 Å². The quantitative estimate of drug-likeness (QED) is 0.793. The Kier molecular flexibility index (Phi) is 3.49. The van der Waals surface area contributed by atoms with Gasteiger partial charge in [0.25, 0.3) is 0 Å². The summed E-state index contributed by atoms with van der Waals surface area (Å²) in [5, 5.41) is 18.1. The molecule has 1 aliphatic carbocycles. The molecule has 0 spiro atoms. The van der Waals surface area contributed by atoms with Gasteiger partial charge in [0.1, 0.15) is 17.8 Å². The number of nitrogens with two attached hydrogens (primary N) is 1. The molecule has 0 unspecified atom stereocenters. The SMILES string of the molecule is NCc1nnc(SCc2cc(=O)c(O)co2)n1C1CC1. The van der Waals surface area contributed by atoms with Crippen LogP contribution >= 0.6 is 11.8 Å². The first-order valence-corrected chi connectivity index (χ1v) is 7.25. The van der Waals surface area contributed by atoms with Gasteiger partial charge in [0, 0.05) is 12.1 Å². The molecule has 1 fully saturated rings. The summed E-state index contributed by atoms with van der Waals surface area (Å²) < 4.78 is 7.22. The van der Waals surface area contributed by atoms with Crippen LogP contribution in [-0.2, 0) is 12.3 Å². The van der Waals surface area contributed by atoms with Crippen molar-refractivity contribution < 1.29 is 9.52 Å². The van der Waals surface area contributed by atoms with Crippen molar-refractivity contribution in [1.29, 1.82) is 0 Å². The Labute approximate surface area is 118 Å². The van der Waals surface area contributed by atoms with Gasteiger partial charge in [0.2, 0.25) is 5.43 Å². The molecule has 3 N–H and O–H groups in total. The maximum Gasteiger partial charge on any atom is 0.226 e. The third-order valence-corrected chi connectivity index (χ3v) is 4.01. The fourth-order valence-electron chi connectivity index (χ4n) is 1.90. The molecular weight excluding hydrogens is 280 g/mol. The third kappa shape index (κ3) is 2.56. The Morgan fingerprint density at radius 2 is 2.30 bits per heavy atom. The van der Waals surface area contributed by atoms with Crippen molar-refractivity contribution in [3.63, 3.8) is 0 Å². The summed E-state index contributed by atoms with van der Waals surface area (Å²) in [5.41, 5.74) is 5.21. The first-order chi connectivity index (χ1) is 9.69. The van der Waals surface area contributed by atoms with Crippen molar-refractivity contribution in [3.8, 4) is 5.75 Å². The van der Waals surface area contributed by atoms with Crippen LogP contribution < -0.4 is 11.2 Å². The molecule has 2 heterocycles. The average molecular weight is 294 g/mol. The van der Waals surface area contributed by atoms with E-state index in [4.69, 9.17) is 15.3 Å². The number of hydrogen-bond donors (Lipinski definition) is 2. The fourth-order valence-corrected chi connectivity index (χ4v) is 2.81. The van der Waals surface area contributed by atoms with Gasteiger partial charge in [-0.2, -0.15) is 0 Å². The lowest BCUT2D eigenvalue weighted by Gasteiger charge is -2.06. The molecule has 0 saturated heterocycles. The van der Waals surface area contributed by atoms with E-state index in [-0.39, 0.29) is 5.75 Å². The molecule has 0 bridgehead atoms. The van der Waals surface area contributed by atoms with Gasteiger partial charge in [-0.05, 0) is 12.8 Å². The fraction of sp³-hybridized carbons (Fsp3) is 0.417. The van der Waals surface area contributed by atoms with Gasteiger partial charge >= 0.3 is 0 Å². The molecule has 0 atom stereocenters. The Balaban J connectivity index is 1.76. The van der Waals surface area contributed by atoms with Crippen LogP contribution in [0.15, 0.2) is 26.7 Å². The van der Waals surface area contributed by atoms with Gasteiger partial charge in [-0.1, -0.05) is 11.8 Å². The average Bonchev–Trinajstić information content (AvgIpc) is 3.20. The molecule has 1 aliphatic rings. The number of aromatic hydroxyl groups is 1. The smallest absolute Gasteiger partial charge is 0.226 e. The molecule has 3 rings (SSSR count). The van der Waals surface area contributed by atoms with E-state index in [1.165, 1.54) is 17.8 Å². The van der Waals surface area contributed by atoms with Gasteiger partial charge in [-0.3, -0.25) is 4.79 Å². The molecular formula is C12H14N4O3S. The van der Waals surface area contributed by atoms with Gasteiger partial charge in [0.05, 0.1) is 12.3 Å². The molecule has 7 nitrogen and oxygen atoms in total. The van der Waals surface area contributed by atoms with E-state index >= 15 is 0 Å². The summed E-state index contributed by atoms with van der Waals surface area (Å²) in [6, 6.07) is 1.72. The second-order valence-electron chi connectivity index (χ2n) is 4.59. The summed E-state index contributed by atoms with van der Waals surface area (Å²) in [7, 11) is 0. The van der Waals surface area contributed by atoms with Crippen LogP contribution in [0.5, 0.6) is 5.75 Å². The standard InChI is InChI=1S/C12H14N4O3S/c13-4-11-14-15-12(16(11)7-1-2-7)20-6-8-3-9(17)10(18)5-19-8/h3,5,7,18H,1-2,4,6,13H2. The Bertz CT molecular complexity index is 678. The van der Waals surface area contributed by atoms with E-state index in [0.717, 1.165) is 30.1 Å². The maximum atomic E-state index is 11.3. The van der Waals surface area contributed by atoms with Crippen LogP contribution in [0.2, 0.25) is 0 Å². The highest BCUT2D eigenvalue weighted by molar-refractivity contribution is 7.98. The molecule has 20 heavy (non-hydrogen) atoms. The predicted molar refractivity (Wildman–Crippen MR) is 72.4 cm³/mol. The van der Waals surface area contributed by atoms with E-state index in [1.54, 1.807) is 0 Å². The van der Waals surface area contributed by atoms with Crippen LogP contribution in [0.4, 0.5) is 0 Å². The zero-order valence-corrected chi connectivity index (χ0v) is 11.5. The predicted octanol–water partition coefficient (Wildman–Crippen LogP) is 1.02. The molecule has 8 heteroatoms. The van der Waals surface area contributed by atoms with Gasteiger partial charge < -0.3 is 19.8 Å². The minimum absolute atomic E-state index is 0.359. The highest BCUT2D eigenvalue weighted by Crippen LogP contribution is 2.39. The molecule has 0 radical (unpaired) electrons. The van der Waals surface area contributed by atoms with E-state index < -0.39 is 5.43 Å². The molecule has 0 amide bonds. The zero-order chi connectivity index (χ0) is 14.1. The molecule has 0 aliphatic heterocycles. The lowest BCUT2D eigenvalue weighted by molar-refractivity contribution is 0.419. The molecule has 1 saturated carbocycles. The number of nitrogens with zero attached hydrogens (tertiary/aromatic N) is 3. The van der Waals surface area contributed by atoms with Crippen molar-refractivity contribution in [2.45, 2.75) is 36.3 Å². The lowest BCUT2D eigenvalue weighted by Crippen LogP contribution is -2.08. The highest BCUT2D eigenvalue weighted by Gasteiger charge is 2.29. The summed E-state index contributed by atoms with van der Waals surface area (Å²) >= 11 is 1.44. The van der Waals surface area contributed by atoms with Crippen LogP contribution in [0.3, 0.4) is 0 Å². The normalized spacial score (nSPS) is 14.7. The van der Waals surface area contributed by atoms with Gasteiger partial charge in [-0.15, -0.1) is 10.2 Å². The van der Waals surface area contributed by atoms with Crippen molar-refractivity contribution in [2.75, 3.05) is 0 Å². The van der Waals surface area contributed by atoms with Crippen molar-refractivity contribution in [2.24, 2.45) is 5.73 Å². The number of aromatic nitrogens is 3. The minimum atomic E-state index is -0.446. The second-order valence-corrected chi connectivity index (χ2v) is 5.53. The molecule has 0 aromatic carbocycles. The summed E-state index contributed by atoms with van der Waals surface area (Å²) in [6.07, 6.45) is 3.29. The Hall–Kier alpha value is -1.80. The summed E-state index contributed by atoms with van der Waals surface area (Å²) in [6.45, 7) is 0.359. The largest absolute Gasteiger partial charge is 0.502 e. The molecule has 2 aromatic heterocycles. The lowest BCUT2D eigenvalue weighted by atomic mass is 10.4. The van der Waals surface area contributed by atoms with Crippen LogP contribution in [0.25, 0.3) is 0 Å². The highest BCUT2D eigenvalue weighted by atomic mass is 32.2. The number of hydrogen-bond acceptors (Lipinski definition) is 7. The van der Waals surface area contributed by atoms with Crippen LogP contribution in [0.1, 0.15) is 30.5 Å². The van der Waals surface area contributed by atoms with E-state index in [0.29, 0.717) is 24.1 Å².